The Hall–Kier alpha value is -1.64. The molecule has 0 radical (unpaired) electrons. The van der Waals surface area contributed by atoms with Gasteiger partial charge in [-0.15, -0.1) is 0 Å². The smallest absolute Gasteiger partial charge is 0.109 e. The van der Waals surface area contributed by atoms with Crippen molar-refractivity contribution in [3.05, 3.63) is 71.8 Å². The molecule has 3 rings (SSSR count). The highest BCUT2D eigenvalue weighted by Crippen LogP contribution is 2.40. The summed E-state index contributed by atoms with van der Waals surface area (Å²) in [7, 11) is 0. The van der Waals surface area contributed by atoms with Gasteiger partial charge in [-0.1, -0.05) is 60.7 Å². The average Bonchev–Trinajstić information content (AvgIpc) is 3.25. The second-order valence-electron chi connectivity index (χ2n) is 4.83. The third kappa shape index (κ3) is 3.43. The molecule has 0 N–H and O–H groups in total. The first-order chi connectivity index (χ1) is 9.43. The van der Waals surface area contributed by atoms with E-state index < -0.39 is 0 Å². The van der Waals surface area contributed by atoms with Crippen molar-refractivity contribution < 1.29 is 9.47 Å². The van der Waals surface area contributed by atoms with Crippen LogP contribution in [0.4, 0.5) is 0 Å². The van der Waals surface area contributed by atoms with E-state index in [1.165, 1.54) is 11.1 Å². The van der Waals surface area contributed by atoms with Crippen molar-refractivity contribution in [2.24, 2.45) is 0 Å². The quantitative estimate of drug-likeness (QED) is 0.578. The maximum absolute atomic E-state index is 5.68. The summed E-state index contributed by atoms with van der Waals surface area (Å²) in [6, 6.07) is 20.6. The van der Waals surface area contributed by atoms with Gasteiger partial charge in [0.05, 0.1) is 12.7 Å². The highest BCUT2D eigenvalue weighted by Gasteiger charge is 2.39. The molecule has 2 aromatic carbocycles. The Morgan fingerprint density at radius 1 is 0.895 bits per heavy atom. The first-order valence-corrected chi connectivity index (χ1v) is 6.75. The molecule has 1 aliphatic rings. The van der Waals surface area contributed by atoms with Gasteiger partial charge in [-0.05, 0) is 17.5 Å². The lowest BCUT2D eigenvalue weighted by molar-refractivity contribution is 0.113. The lowest BCUT2D eigenvalue weighted by atomic mass is 10.1. The van der Waals surface area contributed by atoms with Crippen molar-refractivity contribution in [1.82, 2.24) is 0 Å². The molecular formula is C17H18O2. The second kappa shape index (κ2) is 6.00. The van der Waals surface area contributed by atoms with Crippen LogP contribution in [-0.2, 0) is 16.1 Å². The fourth-order valence-corrected chi connectivity index (χ4v) is 2.26. The molecule has 0 saturated carbocycles. The molecule has 2 nitrogen and oxygen atoms in total. The number of rotatable bonds is 6. The van der Waals surface area contributed by atoms with Crippen LogP contribution in [0.5, 0.6) is 0 Å². The van der Waals surface area contributed by atoms with Crippen LogP contribution in [-0.4, -0.2) is 12.7 Å². The predicted molar refractivity (Wildman–Crippen MR) is 74.8 cm³/mol. The van der Waals surface area contributed by atoms with Crippen LogP contribution in [0.25, 0.3) is 0 Å². The molecule has 2 heteroatoms. The summed E-state index contributed by atoms with van der Waals surface area (Å²) in [5.41, 5.74) is 2.49. The molecular weight excluding hydrogens is 236 g/mol. The van der Waals surface area contributed by atoms with E-state index in [4.69, 9.17) is 9.47 Å². The van der Waals surface area contributed by atoms with Gasteiger partial charge in [0.2, 0.25) is 0 Å². The van der Waals surface area contributed by atoms with E-state index in [0.717, 1.165) is 13.0 Å². The summed E-state index contributed by atoms with van der Waals surface area (Å²) < 4.78 is 11.4. The van der Waals surface area contributed by atoms with Gasteiger partial charge in [0.1, 0.15) is 6.10 Å². The van der Waals surface area contributed by atoms with Crippen LogP contribution >= 0.6 is 0 Å². The predicted octanol–water partition coefficient (Wildman–Crippen LogP) is 3.73. The first kappa shape index (κ1) is 12.4. The van der Waals surface area contributed by atoms with Crippen LogP contribution in [0, 0.1) is 0 Å². The van der Waals surface area contributed by atoms with Gasteiger partial charge in [0, 0.05) is 6.61 Å². The third-order valence-corrected chi connectivity index (χ3v) is 3.37. The van der Waals surface area contributed by atoms with E-state index in [9.17, 15) is 0 Å². The van der Waals surface area contributed by atoms with Crippen LogP contribution in [0.1, 0.15) is 23.7 Å². The Bertz CT molecular complexity index is 495. The largest absolute Gasteiger partial charge is 0.377 e. The Morgan fingerprint density at radius 2 is 1.58 bits per heavy atom. The van der Waals surface area contributed by atoms with Crippen molar-refractivity contribution >= 4 is 0 Å². The van der Waals surface area contributed by atoms with Gasteiger partial charge in [-0.3, -0.25) is 0 Å². The Morgan fingerprint density at radius 3 is 2.32 bits per heavy atom. The number of hydrogen-bond donors (Lipinski definition) is 0. The number of hydrogen-bond acceptors (Lipinski definition) is 2. The van der Waals surface area contributed by atoms with Crippen molar-refractivity contribution in [1.29, 1.82) is 0 Å². The van der Waals surface area contributed by atoms with E-state index in [1.54, 1.807) is 0 Å². The molecule has 1 aliphatic heterocycles. The van der Waals surface area contributed by atoms with Gasteiger partial charge in [0.25, 0.3) is 0 Å². The van der Waals surface area contributed by atoms with Crippen LogP contribution < -0.4 is 0 Å². The molecule has 0 aliphatic carbocycles. The third-order valence-electron chi connectivity index (χ3n) is 3.37. The highest BCUT2D eigenvalue weighted by molar-refractivity contribution is 5.22. The summed E-state index contributed by atoms with van der Waals surface area (Å²) in [6.45, 7) is 1.44. The maximum Gasteiger partial charge on any atom is 0.109 e. The summed E-state index contributed by atoms with van der Waals surface area (Å²) in [4.78, 5) is 0. The van der Waals surface area contributed by atoms with Crippen molar-refractivity contribution in [3.63, 3.8) is 0 Å². The Balaban J connectivity index is 1.36. The molecule has 1 fully saturated rings. The molecule has 0 amide bonds. The van der Waals surface area contributed by atoms with Crippen LogP contribution in [0.15, 0.2) is 60.7 Å². The maximum atomic E-state index is 5.68. The van der Waals surface area contributed by atoms with Gasteiger partial charge < -0.3 is 9.47 Å². The van der Waals surface area contributed by atoms with E-state index in [0.29, 0.717) is 12.7 Å². The molecule has 1 heterocycles. The van der Waals surface area contributed by atoms with Crippen molar-refractivity contribution in [2.75, 3.05) is 6.61 Å². The molecule has 2 atom stereocenters. The average molecular weight is 254 g/mol. The van der Waals surface area contributed by atoms with E-state index in [1.807, 2.05) is 24.3 Å². The molecule has 2 unspecified atom stereocenters. The summed E-state index contributed by atoms with van der Waals surface area (Å²) in [5, 5.41) is 0. The topological polar surface area (TPSA) is 21.8 Å². The molecule has 2 aromatic rings. The Kier molecular flexibility index (Phi) is 3.92. The second-order valence-corrected chi connectivity index (χ2v) is 4.83. The van der Waals surface area contributed by atoms with Gasteiger partial charge >= 0.3 is 0 Å². The normalized spacial score (nSPS) is 21.3. The minimum absolute atomic E-state index is 0.279. The van der Waals surface area contributed by atoms with Crippen LogP contribution in [0.3, 0.4) is 0 Å². The summed E-state index contributed by atoms with van der Waals surface area (Å²) >= 11 is 0. The van der Waals surface area contributed by atoms with E-state index >= 15 is 0 Å². The van der Waals surface area contributed by atoms with Gasteiger partial charge in [-0.2, -0.15) is 0 Å². The van der Waals surface area contributed by atoms with Gasteiger partial charge in [0.15, 0.2) is 0 Å². The number of benzene rings is 2. The fourth-order valence-electron chi connectivity index (χ4n) is 2.26. The highest BCUT2D eigenvalue weighted by atomic mass is 16.6. The van der Waals surface area contributed by atoms with Gasteiger partial charge in [-0.25, -0.2) is 0 Å². The molecule has 0 spiro atoms. The minimum atomic E-state index is 0.279. The molecule has 0 bridgehead atoms. The van der Waals surface area contributed by atoms with E-state index in [-0.39, 0.29) is 6.10 Å². The molecule has 0 aromatic heterocycles. The zero-order chi connectivity index (χ0) is 12.9. The lowest BCUT2D eigenvalue weighted by Gasteiger charge is -2.02. The molecule has 1 saturated heterocycles. The first-order valence-electron chi connectivity index (χ1n) is 6.75. The molecule has 98 valence electrons. The summed E-state index contributed by atoms with van der Waals surface area (Å²) in [6.07, 6.45) is 1.58. The number of ether oxygens (including phenoxy) is 2. The molecule has 19 heavy (non-hydrogen) atoms. The lowest BCUT2D eigenvalue weighted by Crippen LogP contribution is -1.99. The van der Waals surface area contributed by atoms with Crippen molar-refractivity contribution in [3.8, 4) is 0 Å². The Labute approximate surface area is 114 Å². The van der Waals surface area contributed by atoms with Crippen LogP contribution in [0.2, 0.25) is 0 Å². The minimum Gasteiger partial charge on any atom is -0.377 e. The van der Waals surface area contributed by atoms with E-state index in [2.05, 4.69) is 36.4 Å². The monoisotopic (exact) mass is 254 g/mol. The number of epoxide rings is 1. The SMILES string of the molecule is c1ccc(COCCC2OC2c2ccccc2)cc1. The summed E-state index contributed by atoms with van der Waals surface area (Å²) in [5.74, 6) is 0. The van der Waals surface area contributed by atoms with Crippen molar-refractivity contribution in [2.45, 2.75) is 25.2 Å². The zero-order valence-corrected chi connectivity index (χ0v) is 10.9. The zero-order valence-electron chi connectivity index (χ0n) is 10.9. The fraction of sp³-hybridized carbons (Fsp3) is 0.294. The standard InChI is InChI=1S/C17H18O2/c1-3-7-14(8-4-1)13-18-12-11-16-17(19-16)15-9-5-2-6-10-15/h1-10,16-17H,11-13H2.